The number of hydrogen-bond donors (Lipinski definition) is 2. The summed E-state index contributed by atoms with van der Waals surface area (Å²) in [5.41, 5.74) is 11.5. The second-order valence-electron chi connectivity index (χ2n) is 10.00. The molecular weight excluding hydrogens is 548 g/mol. The average molecular weight is 573 g/mol. The lowest BCUT2D eigenvalue weighted by Gasteiger charge is -2.16. The largest absolute Gasteiger partial charge is 0.383 e. The maximum Gasteiger partial charge on any atom is 0.263 e. The van der Waals surface area contributed by atoms with Crippen molar-refractivity contribution in [3.05, 3.63) is 101 Å². The smallest absolute Gasteiger partial charge is 0.263 e. The van der Waals surface area contributed by atoms with Crippen LogP contribution >= 0.6 is 11.3 Å². The Kier molecular flexibility index (Phi) is 6.02. The molecule has 206 valence electrons. The number of anilines is 2. The van der Waals surface area contributed by atoms with Crippen molar-refractivity contribution in [1.29, 1.82) is 0 Å². The van der Waals surface area contributed by atoms with Crippen LogP contribution in [0.3, 0.4) is 0 Å². The summed E-state index contributed by atoms with van der Waals surface area (Å²) < 4.78 is 4.38. The topological polar surface area (TPSA) is 134 Å². The summed E-state index contributed by atoms with van der Waals surface area (Å²) in [5.74, 6) is 0.126. The van der Waals surface area contributed by atoms with Gasteiger partial charge in [-0.05, 0) is 48.2 Å². The Morgan fingerprint density at radius 2 is 1.83 bits per heavy atom. The van der Waals surface area contributed by atoms with E-state index in [1.54, 1.807) is 9.25 Å². The minimum absolute atomic E-state index is 0.0942. The number of thiazole rings is 1. The van der Waals surface area contributed by atoms with Crippen molar-refractivity contribution in [3.8, 4) is 16.9 Å². The molecule has 42 heavy (non-hydrogen) atoms. The van der Waals surface area contributed by atoms with E-state index in [-0.39, 0.29) is 18.0 Å². The molecule has 0 unspecified atom stereocenters. The van der Waals surface area contributed by atoms with Gasteiger partial charge < -0.3 is 11.1 Å². The van der Waals surface area contributed by atoms with Crippen molar-refractivity contribution in [2.45, 2.75) is 20.4 Å². The predicted octanol–water partition coefficient (Wildman–Crippen LogP) is 5.30. The number of para-hydroxylation sites is 1. The first-order chi connectivity index (χ1) is 20.4. The van der Waals surface area contributed by atoms with E-state index in [0.717, 1.165) is 38.1 Å². The quantitative estimate of drug-likeness (QED) is 0.286. The molecule has 10 nitrogen and oxygen atoms in total. The standard InChI is InChI=1S/C31H24N8O2S/c1-17-7-6-8-19-13-22(39(30(41)25(17)19)21-9-4-3-5-10-21)15-38-29-26(28(32)33-16-34-29)27(37-38)20-11-12-23-24(14-20)42-31(36-23)35-18(2)40/h3-14,16H,15H2,1-2H3,(H2,32,33,34)(H,35,36,40). The van der Waals surface area contributed by atoms with Gasteiger partial charge in [0.05, 0.1) is 27.5 Å². The highest BCUT2D eigenvalue weighted by molar-refractivity contribution is 7.22. The fourth-order valence-electron chi connectivity index (χ4n) is 5.34. The number of pyridine rings is 1. The molecule has 0 saturated carbocycles. The van der Waals surface area contributed by atoms with Crippen molar-refractivity contribution in [2.24, 2.45) is 0 Å². The van der Waals surface area contributed by atoms with Crippen LogP contribution in [0.5, 0.6) is 0 Å². The van der Waals surface area contributed by atoms with Crippen molar-refractivity contribution in [2.75, 3.05) is 11.1 Å². The molecule has 4 aromatic heterocycles. The zero-order chi connectivity index (χ0) is 29.0. The molecule has 0 atom stereocenters. The van der Waals surface area contributed by atoms with E-state index in [9.17, 15) is 9.59 Å². The minimum Gasteiger partial charge on any atom is -0.383 e. The average Bonchev–Trinajstić information content (AvgIpc) is 3.54. The van der Waals surface area contributed by atoms with E-state index in [0.29, 0.717) is 33.1 Å². The normalized spacial score (nSPS) is 11.5. The van der Waals surface area contributed by atoms with Gasteiger partial charge in [-0.2, -0.15) is 5.10 Å². The van der Waals surface area contributed by atoms with Gasteiger partial charge in [0.25, 0.3) is 5.56 Å². The number of aryl methyl sites for hydroxylation is 1. The van der Waals surface area contributed by atoms with Crippen LogP contribution in [0.15, 0.2) is 83.9 Å². The Balaban J connectivity index is 1.41. The lowest BCUT2D eigenvalue weighted by molar-refractivity contribution is -0.114. The summed E-state index contributed by atoms with van der Waals surface area (Å²) in [6.07, 6.45) is 1.42. The molecule has 0 radical (unpaired) electrons. The molecule has 0 fully saturated rings. The zero-order valence-corrected chi connectivity index (χ0v) is 23.5. The SMILES string of the molecule is CC(=O)Nc1nc2ccc(-c3nn(Cc4cc5cccc(C)c5c(=O)n4-c4ccccc4)c4ncnc(N)c34)cc2s1. The Bertz CT molecular complexity index is 2230. The van der Waals surface area contributed by atoms with Crippen LogP contribution < -0.4 is 16.6 Å². The van der Waals surface area contributed by atoms with Gasteiger partial charge >= 0.3 is 0 Å². The number of nitrogens with zero attached hydrogens (tertiary/aromatic N) is 6. The van der Waals surface area contributed by atoms with Gasteiger partial charge in [0.15, 0.2) is 10.8 Å². The van der Waals surface area contributed by atoms with E-state index in [2.05, 4.69) is 20.3 Å². The molecule has 11 heteroatoms. The van der Waals surface area contributed by atoms with Crippen LogP contribution in [-0.4, -0.2) is 35.2 Å². The van der Waals surface area contributed by atoms with E-state index >= 15 is 0 Å². The molecule has 0 saturated heterocycles. The summed E-state index contributed by atoms with van der Waals surface area (Å²) in [7, 11) is 0. The molecule has 1 amide bonds. The van der Waals surface area contributed by atoms with E-state index in [1.807, 2.05) is 79.7 Å². The first kappa shape index (κ1) is 25.5. The highest BCUT2D eigenvalue weighted by atomic mass is 32.1. The molecule has 7 rings (SSSR count). The number of hydrogen-bond acceptors (Lipinski definition) is 8. The van der Waals surface area contributed by atoms with Crippen LogP contribution in [0.4, 0.5) is 10.9 Å². The molecule has 3 N–H and O–H groups in total. The number of carbonyl (C=O) groups is 1. The van der Waals surface area contributed by atoms with Gasteiger partial charge in [0.1, 0.15) is 17.8 Å². The van der Waals surface area contributed by atoms with Crippen LogP contribution in [0.1, 0.15) is 18.2 Å². The van der Waals surface area contributed by atoms with Crippen molar-refractivity contribution in [3.63, 3.8) is 0 Å². The summed E-state index contributed by atoms with van der Waals surface area (Å²) in [4.78, 5) is 38.8. The van der Waals surface area contributed by atoms with E-state index in [4.69, 9.17) is 10.8 Å². The lowest BCUT2D eigenvalue weighted by Crippen LogP contribution is -2.24. The first-order valence-corrected chi connectivity index (χ1v) is 14.0. The number of fused-ring (bicyclic) bond motifs is 3. The second-order valence-corrected chi connectivity index (χ2v) is 11.0. The Morgan fingerprint density at radius 1 is 1.00 bits per heavy atom. The third-order valence-corrected chi connectivity index (χ3v) is 8.09. The van der Waals surface area contributed by atoms with Gasteiger partial charge in [-0.25, -0.2) is 19.6 Å². The molecule has 0 bridgehead atoms. The Hall–Kier alpha value is -5.42. The maximum absolute atomic E-state index is 14.0. The molecule has 0 spiro atoms. The summed E-state index contributed by atoms with van der Waals surface area (Å²) in [5, 5.41) is 10.4. The Morgan fingerprint density at radius 3 is 2.64 bits per heavy atom. The summed E-state index contributed by atoms with van der Waals surface area (Å²) >= 11 is 1.38. The number of amides is 1. The number of carbonyl (C=O) groups excluding carboxylic acids is 1. The molecule has 0 aliphatic heterocycles. The molecule has 4 heterocycles. The van der Waals surface area contributed by atoms with Gasteiger partial charge in [-0.3, -0.25) is 14.2 Å². The number of nitrogens with one attached hydrogen (secondary N) is 1. The minimum atomic E-state index is -0.179. The highest BCUT2D eigenvalue weighted by Crippen LogP contribution is 2.35. The van der Waals surface area contributed by atoms with Crippen molar-refractivity contribution < 1.29 is 4.79 Å². The fourth-order valence-corrected chi connectivity index (χ4v) is 6.29. The number of nitrogens with two attached hydrogens (primary N) is 1. The van der Waals surface area contributed by atoms with Crippen LogP contribution in [0.2, 0.25) is 0 Å². The first-order valence-electron chi connectivity index (χ1n) is 13.2. The van der Waals surface area contributed by atoms with Gasteiger partial charge in [-0.1, -0.05) is 53.8 Å². The van der Waals surface area contributed by atoms with Crippen molar-refractivity contribution >= 4 is 60.2 Å². The molecular formula is C31H24N8O2S. The second kappa shape index (κ2) is 9.89. The monoisotopic (exact) mass is 572 g/mol. The fraction of sp³-hybridized carbons (Fsp3) is 0.0968. The lowest BCUT2D eigenvalue weighted by atomic mass is 10.1. The van der Waals surface area contributed by atoms with Crippen molar-refractivity contribution in [1.82, 2.24) is 29.3 Å². The molecule has 7 aromatic rings. The predicted molar refractivity (Wildman–Crippen MR) is 166 cm³/mol. The van der Waals surface area contributed by atoms with Gasteiger partial charge in [0.2, 0.25) is 5.91 Å². The van der Waals surface area contributed by atoms with Crippen LogP contribution in [0, 0.1) is 6.92 Å². The highest BCUT2D eigenvalue weighted by Gasteiger charge is 2.20. The zero-order valence-electron chi connectivity index (χ0n) is 22.7. The third-order valence-electron chi connectivity index (χ3n) is 7.16. The molecule has 0 aliphatic carbocycles. The van der Waals surface area contributed by atoms with Crippen LogP contribution in [0.25, 0.3) is 49.0 Å². The molecule has 0 aliphatic rings. The van der Waals surface area contributed by atoms with E-state index in [1.165, 1.54) is 24.6 Å². The number of benzene rings is 3. The van der Waals surface area contributed by atoms with Gasteiger partial charge in [-0.15, -0.1) is 0 Å². The third kappa shape index (κ3) is 4.27. The van der Waals surface area contributed by atoms with Crippen LogP contribution in [-0.2, 0) is 11.3 Å². The van der Waals surface area contributed by atoms with E-state index < -0.39 is 0 Å². The summed E-state index contributed by atoms with van der Waals surface area (Å²) in [6.45, 7) is 3.66. The molecule has 3 aromatic carbocycles. The maximum atomic E-state index is 14.0. The number of nitrogen functional groups attached to an aromatic ring is 1. The number of rotatable bonds is 5. The Labute approximate surface area is 243 Å². The van der Waals surface area contributed by atoms with Gasteiger partial charge in [0, 0.05) is 23.9 Å². The summed E-state index contributed by atoms with van der Waals surface area (Å²) in [6, 6.07) is 23.2. The number of aromatic nitrogens is 6.